The van der Waals surface area contributed by atoms with E-state index in [0.717, 1.165) is 48.3 Å². The summed E-state index contributed by atoms with van der Waals surface area (Å²) in [6.07, 6.45) is 3.30. The van der Waals surface area contributed by atoms with Crippen LogP contribution in [0.5, 0.6) is 5.75 Å². The lowest BCUT2D eigenvalue weighted by atomic mass is 9.49. The summed E-state index contributed by atoms with van der Waals surface area (Å²) in [6, 6.07) is 27.0. The Bertz CT molecular complexity index is 2380. The molecular weight excluding hydrogens is 868 g/mol. The number of rotatable bonds is 20. The van der Waals surface area contributed by atoms with Crippen LogP contribution in [0.1, 0.15) is 102 Å². The molecule has 3 amide bonds. The molecule has 0 radical (unpaired) electrons. The highest BCUT2D eigenvalue weighted by atomic mass is 35.5. The van der Waals surface area contributed by atoms with E-state index in [0.29, 0.717) is 28.5 Å². The van der Waals surface area contributed by atoms with Crippen molar-refractivity contribution >= 4 is 40.8 Å². The molecule has 6 rings (SSSR count). The van der Waals surface area contributed by atoms with Crippen molar-refractivity contribution in [1.29, 1.82) is 5.26 Å². The minimum Gasteiger partial charge on any atom is -0.489 e. The van der Waals surface area contributed by atoms with Gasteiger partial charge in [0.1, 0.15) is 30.6 Å². The van der Waals surface area contributed by atoms with Gasteiger partial charge in [-0.1, -0.05) is 90.4 Å². The summed E-state index contributed by atoms with van der Waals surface area (Å²) in [7, 11) is 0. The maximum atomic E-state index is 14.0. The van der Waals surface area contributed by atoms with E-state index in [2.05, 4.69) is 54.7 Å². The number of anilines is 1. The predicted octanol–water partition coefficient (Wildman–Crippen LogP) is 8.38. The third-order valence-corrected chi connectivity index (χ3v) is 13.5. The molecule has 3 aromatic carbocycles. The number of ether oxygens (including phenoxy) is 2. The molecule has 1 aromatic heterocycles. The molecule has 4 aromatic rings. The number of likely N-dealkylation sites (tertiary alicyclic amines) is 1. The number of unbranched alkanes of at least 4 members (excludes halogenated alkanes) is 2. The average molecular weight is 934 g/mol. The summed E-state index contributed by atoms with van der Waals surface area (Å²) in [5.74, 6) is -1.13. The summed E-state index contributed by atoms with van der Waals surface area (Å²) in [6.45, 7) is 15.3. The van der Waals surface area contributed by atoms with E-state index in [1.165, 1.54) is 4.90 Å². The number of β-amino-alcohol motifs (C(OH)–C–C–N with tert-alkyl or cyclic N) is 1. The van der Waals surface area contributed by atoms with Crippen LogP contribution >= 0.6 is 11.6 Å². The topological polar surface area (TPSA) is 183 Å². The quantitative estimate of drug-likeness (QED) is 0.0629. The lowest BCUT2D eigenvalue weighted by molar-refractivity contribution is -0.164. The van der Waals surface area contributed by atoms with Crippen LogP contribution in [0.25, 0.3) is 11.3 Å². The van der Waals surface area contributed by atoms with Gasteiger partial charge in [0, 0.05) is 91.0 Å². The zero-order valence-electron chi connectivity index (χ0n) is 39.7. The summed E-state index contributed by atoms with van der Waals surface area (Å²) >= 11 is 6.24. The second-order valence-corrected chi connectivity index (χ2v) is 20.5. The summed E-state index contributed by atoms with van der Waals surface area (Å²) in [5, 5.41) is 29.7. The van der Waals surface area contributed by atoms with Crippen molar-refractivity contribution in [3.63, 3.8) is 0 Å². The van der Waals surface area contributed by atoms with Crippen LogP contribution in [0.4, 0.5) is 5.69 Å². The van der Waals surface area contributed by atoms with Gasteiger partial charge in [-0.05, 0) is 78.8 Å². The molecule has 1 aliphatic carbocycles. The van der Waals surface area contributed by atoms with Crippen molar-refractivity contribution in [2.75, 3.05) is 31.6 Å². The number of hydrogen-bond donors (Lipinski definition) is 4. The lowest BCUT2D eigenvalue weighted by Crippen LogP contribution is -2.74. The molecule has 356 valence electrons. The van der Waals surface area contributed by atoms with Gasteiger partial charge in [-0.15, -0.1) is 0 Å². The second-order valence-electron chi connectivity index (χ2n) is 20.1. The average Bonchev–Trinajstić information content (AvgIpc) is 3.70. The Balaban J connectivity index is 0.877. The van der Waals surface area contributed by atoms with E-state index in [4.69, 9.17) is 21.1 Å². The SMILES string of the molecule is CC1(C)C(NC(=O)c2ccc(NCCCCCOCC(=O)C[C@H](C(=O)N3C[C@H](O)C[C@H]3C(=O)NCc3ccc(-c4ccccn4)cc3)C(C)(C)C)cc2)C(C)(C)C1Oc1ccc(C#N)c(Cl)c1. The first-order valence-electron chi connectivity index (χ1n) is 23.2. The number of benzene rings is 3. The molecule has 0 spiro atoms. The first-order valence-corrected chi connectivity index (χ1v) is 23.5. The first kappa shape index (κ1) is 50.6. The monoisotopic (exact) mass is 932 g/mol. The van der Waals surface area contributed by atoms with E-state index in [-0.39, 0.29) is 79.0 Å². The highest BCUT2D eigenvalue weighted by Gasteiger charge is 2.64. The van der Waals surface area contributed by atoms with Crippen molar-refractivity contribution in [2.45, 2.75) is 111 Å². The van der Waals surface area contributed by atoms with E-state index in [1.54, 1.807) is 24.4 Å². The molecular formula is C53H65ClN6O7. The Labute approximate surface area is 400 Å². The minimum atomic E-state index is -0.843. The van der Waals surface area contributed by atoms with Gasteiger partial charge in [0.05, 0.1) is 22.4 Å². The van der Waals surface area contributed by atoms with Crippen LogP contribution in [0.15, 0.2) is 91.1 Å². The fourth-order valence-corrected chi connectivity index (χ4v) is 9.88. The van der Waals surface area contributed by atoms with Crippen LogP contribution in [-0.4, -0.2) is 89.1 Å². The van der Waals surface area contributed by atoms with Crippen LogP contribution < -0.4 is 20.7 Å². The Hall–Kier alpha value is -5.81. The molecule has 2 aliphatic rings. The smallest absolute Gasteiger partial charge is 0.251 e. The number of nitriles is 1. The van der Waals surface area contributed by atoms with Crippen LogP contribution in [0.2, 0.25) is 5.02 Å². The van der Waals surface area contributed by atoms with Gasteiger partial charge in [0.25, 0.3) is 5.91 Å². The zero-order chi connectivity index (χ0) is 48.5. The van der Waals surface area contributed by atoms with E-state index in [9.17, 15) is 29.5 Å². The van der Waals surface area contributed by atoms with E-state index < -0.39 is 23.5 Å². The maximum Gasteiger partial charge on any atom is 0.251 e. The van der Waals surface area contributed by atoms with Gasteiger partial charge >= 0.3 is 0 Å². The third-order valence-electron chi connectivity index (χ3n) is 13.2. The summed E-state index contributed by atoms with van der Waals surface area (Å²) in [5.41, 5.74) is 3.23. The zero-order valence-corrected chi connectivity index (χ0v) is 40.5. The first-order chi connectivity index (χ1) is 31.8. The number of halogens is 1. The van der Waals surface area contributed by atoms with Gasteiger partial charge in [-0.2, -0.15) is 5.26 Å². The van der Waals surface area contributed by atoms with Crippen molar-refractivity contribution < 1.29 is 33.8 Å². The van der Waals surface area contributed by atoms with Crippen LogP contribution in [-0.2, 0) is 25.7 Å². The number of carbonyl (C=O) groups is 4. The van der Waals surface area contributed by atoms with Crippen molar-refractivity contribution in [3.8, 4) is 23.1 Å². The van der Waals surface area contributed by atoms with Gasteiger partial charge < -0.3 is 35.4 Å². The van der Waals surface area contributed by atoms with Crippen LogP contribution in [0.3, 0.4) is 0 Å². The molecule has 1 saturated heterocycles. The lowest BCUT2D eigenvalue weighted by Gasteiger charge is -2.63. The summed E-state index contributed by atoms with van der Waals surface area (Å²) < 4.78 is 12.1. The van der Waals surface area contributed by atoms with Gasteiger partial charge in [0.15, 0.2) is 5.78 Å². The van der Waals surface area contributed by atoms with E-state index in [1.807, 2.05) is 87.5 Å². The van der Waals surface area contributed by atoms with Crippen LogP contribution in [0, 0.1) is 33.5 Å². The molecule has 3 atom stereocenters. The van der Waals surface area contributed by atoms with Crippen molar-refractivity contribution in [3.05, 3.63) is 113 Å². The molecule has 1 aliphatic heterocycles. The number of aromatic nitrogens is 1. The number of nitrogens with zero attached hydrogens (tertiary/aromatic N) is 3. The Morgan fingerprint density at radius 2 is 1.67 bits per heavy atom. The van der Waals surface area contributed by atoms with Crippen molar-refractivity contribution in [1.82, 2.24) is 20.5 Å². The molecule has 0 bridgehead atoms. The number of Topliss-reactive ketones (excluding diaryl/α,β-unsaturated/α-hetero) is 1. The van der Waals surface area contributed by atoms with Gasteiger partial charge in [-0.3, -0.25) is 24.2 Å². The summed E-state index contributed by atoms with van der Waals surface area (Å²) in [4.78, 5) is 59.8. The highest BCUT2D eigenvalue weighted by molar-refractivity contribution is 6.31. The van der Waals surface area contributed by atoms with Gasteiger partial charge in [0.2, 0.25) is 11.8 Å². The van der Waals surface area contributed by atoms with Gasteiger partial charge in [-0.25, -0.2) is 0 Å². The van der Waals surface area contributed by atoms with Crippen molar-refractivity contribution in [2.24, 2.45) is 22.2 Å². The molecule has 67 heavy (non-hydrogen) atoms. The number of nitrogens with one attached hydrogen (secondary N) is 3. The Morgan fingerprint density at radius 3 is 2.31 bits per heavy atom. The normalized spacial score (nSPS) is 19.9. The molecule has 1 saturated carbocycles. The fourth-order valence-electron chi connectivity index (χ4n) is 9.66. The molecule has 0 unspecified atom stereocenters. The number of aliphatic hydroxyl groups is 1. The highest BCUT2D eigenvalue weighted by Crippen LogP contribution is 2.55. The standard InChI is InChI=1S/C53H65ClN6O7/c1-51(2,3)42(48(65)60-32-39(61)28-45(60)47(64)58-31-34-14-16-35(17-15-34)44-13-9-11-25-57-44)27-40(62)33-66-26-12-8-10-24-56-38-21-18-36(19-22-38)46(63)59-49-52(4,5)50(53(49,6)7)67-41-23-20-37(30-55)43(54)29-41/h9,11,13-23,25,29,39,42,45,49-50,56,61H,8,10,12,24,26-28,31-33H2,1-7H3,(H,58,64)(H,59,63)/t39-,42-,45+,49?,50?/m1/s1. The molecule has 14 heteroatoms. The van der Waals surface area contributed by atoms with E-state index >= 15 is 0 Å². The third kappa shape index (κ3) is 12.6. The number of hydrogen-bond acceptors (Lipinski definition) is 10. The number of ketones is 1. The number of amides is 3. The molecule has 2 fully saturated rings. The number of aliphatic hydroxyl groups excluding tert-OH is 1. The largest absolute Gasteiger partial charge is 0.489 e. The second kappa shape index (κ2) is 21.9. The maximum absolute atomic E-state index is 14.0. The Morgan fingerprint density at radius 1 is 0.955 bits per heavy atom. The number of pyridine rings is 1. The Kier molecular flexibility index (Phi) is 16.5. The fraction of sp³-hybridized carbons (Fsp3) is 0.472. The molecule has 2 heterocycles. The molecule has 13 nitrogen and oxygen atoms in total. The number of carbonyl (C=O) groups excluding carboxylic acids is 4. The predicted molar refractivity (Wildman–Crippen MR) is 259 cm³/mol. The molecule has 4 N–H and O–H groups in total. The minimum absolute atomic E-state index is 0.0280.